The van der Waals surface area contributed by atoms with Crippen LogP contribution in [0.1, 0.15) is 30.7 Å². The Morgan fingerprint density at radius 1 is 1.03 bits per heavy atom. The Labute approximate surface area is 193 Å². The minimum Gasteiger partial charge on any atom is -0.550 e. The van der Waals surface area contributed by atoms with Crippen molar-refractivity contribution < 1.29 is 37.7 Å². The predicted molar refractivity (Wildman–Crippen MR) is 114 cm³/mol. The third-order valence-electron chi connectivity index (χ3n) is 5.30. The number of imidazole rings is 1. The van der Waals surface area contributed by atoms with Crippen LogP contribution in [0.3, 0.4) is 0 Å². The summed E-state index contributed by atoms with van der Waals surface area (Å²) in [4.78, 5) is 14.5. The van der Waals surface area contributed by atoms with Crippen LogP contribution in [0.15, 0.2) is 48.5 Å². The van der Waals surface area contributed by atoms with Gasteiger partial charge in [-0.15, -0.1) is 0 Å². The number of aryl methyl sites for hydroxylation is 1. The van der Waals surface area contributed by atoms with Gasteiger partial charge in [-0.1, -0.05) is 29.8 Å². The Morgan fingerprint density at radius 2 is 1.62 bits per heavy atom. The molecule has 3 rings (SSSR count). The van der Waals surface area contributed by atoms with E-state index in [9.17, 15) is 37.7 Å². The van der Waals surface area contributed by atoms with Gasteiger partial charge in [0.2, 0.25) is 5.82 Å². The predicted octanol–water partition coefficient (Wildman–Crippen LogP) is 3.33. The summed E-state index contributed by atoms with van der Waals surface area (Å²) < 4.78 is 56.3. The van der Waals surface area contributed by atoms with Gasteiger partial charge < -0.3 is 24.7 Å². The number of halogens is 4. The Kier molecular flexibility index (Phi) is 7.73. The Balaban J connectivity index is 2.06. The second-order valence-corrected chi connectivity index (χ2v) is 8.06. The van der Waals surface area contributed by atoms with Crippen molar-refractivity contribution in [3.63, 3.8) is 0 Å². The lowest BCUT2D eigenvalue weighted by atomic mass is 10.0. The van der Waals surface area contributed by atoms with E-state index in [2.05, 4.69) is 4.98 Å². The molecular weight excluding hydrogens is 456 g/mol. The third kappa shape index (κ3) is 6.21. The molecule has 1 aromatic heterocycles. The summed E-state index contributed by atoms with van der Waals surface area (Å²) in [7, 11) is 0. The quantitative estimate of drug-likeness (QED) is 0.459. The lowest BCUT2D eigenvalue weighted by Crippen LogP contribution is -2.30. The SMILES string of the molecule is Cc1ccc(-c2nc(C(F)(F)F)n(CC[C@@H](O)C[C@@H](O)CC(=O)[O-])c2-c2ccc(F)cc2)cc1. The van der Waals surface area contributed by atoms with Crippen molar-refractivity contribution in [1.29, 1.82) is 0 Å². The van der Waals surface area contributed by atoms with Gasteiger partial charge >= 0.3 is 6.18 Å². The van der Waals surface area contributed by atoms with E-state index in [1.165, 1.54) is 12.1 Å². The van der Waals surface area contributed by atoms with Crippen molar-refractivity contribution in [2.45, 2.75) is 51.1 Å². The van der Waals surface area contributed by atoms with Crippen LogP contribution in [0, 0.1) is 12.7 Å². The standard InChI is InChI=1S/C24H24F4N2O4/c1-14-2-4-15(5-3-14)21-22(16-6-8-17(25)9-7-16)30(23(29-21)24(26,27)28)11-10-18(31)12-19(32)13-20(33)34/h2-9,18-19,31-32H,10-13H2,1H3,(H,33,34)/p-1/t18-,19-/m1/s1. The molecule has 0 aliphatic carbocycles. The van der Waals surface area contributed by atoms with Crippen LogP contribution in [-0.4, -0.2) is 37.9 Å². The average molecular weight is 479 g/mol. The van der Waals surface area contributed by atoms with Crippen molar-refractivity contribution in [3.8, 4) is 22.5 Å². The van der Waals surface area contributed by atoms with E-state index in [0.717, 1.165) is 22.3 Å². The zero-order valence-corrected chi connectivity index (χ0v) is 18.2. The third-order valence-corrected chi connectivity index (χ3v) is 5.30. The molecule has 0 saturated heterocycles. The number of carboxylic acid groups (broad SMARTS) is 1. The van der Waals surface area contributed by atoms with Crippen LogP contribution in [0.5, 0.6) is 0 Å². The van der Waals surface area contributed by atoms with Crippen molar-refractivity contribution >= 4 is 5.97 Å². The van der Waals surface area contributed by atoms with E-state index in [1.807, 2.05) is 6.92 Å². The van der Waals surface area contributed by atoms with E-state index in [0.29, 0.717) is 11.1 Å². The normalized spacial score (nSPS) is 13.6. The van der Waals surface area contributed by atoms with E-state index in [-0.39, 0.29) is 30.8 Å². The lowest BCUT2D eigenvalue weighted by molar-refractivity contribution is -0.307. The summed E-state index contributed by atoms with van der Waals surface area (Å²) in [6.07, 6.45) is -8.76. The van der Waals surface area contributed by atoms with Gasteiger partial charge in [-0.05, 0) is 44.0 Å². The Morgan fingerprint density at radius 3 is 2.18 bits per heavy atom. The van der Waals surface area contributed by atoms with E-state index < -0.39 is 42.4 Å². The van der Waals surface area contributed by atoms with E-state index in [4.69, 9.17) is 0 Å². The zero-order chi connectivity index (χ0) is 25.0. The van der Waals surface area contributed by atoms with Gasteiger partial charge in [0.25, 0.3) is 0 Å². The Hall–Kier alpha value is -3.24. The molecule has 0 amide bonds. The van der Waals surface area contributed by atoms with Gasteiger partial charge in [0.15, 0.2) is 0 Å². The van der Waals surface area contributed by atoms with Crippen LogP contribution < -0.4 is 5.11 Å². The molecule has 2 aromatic carbocycles. The highest BCUT2D eigenvalue weighted by molar-refractivity contribution is 5.79. The minimum absolute atomic E-state index is 0.0467. The fraction of sp³-hybridized carbons (Fsp3) is 0.333. The molecule has 0 spiro atoms. The highest BCUT2D eigenvalue weighted by Crippen LogP contribution is 2.39. The van der Waals surface area contributed by atoms with Gasteiger partial charge in [-0.2, -0.15) is 13.2 Å². The summed E-state index contributed by atoms with van der Waals surface area (Å²) in [5, 5.41) is 30.5. The summed E-state index contributed by atoms with van der Waals surface area (Å²) in [5.74, 6) is -3.25. The number of nitrogens with zero attached hydrogens (tertiary/aromatic N) is 2. The molecule has 0 unspecified atom stereocenters. The van der Waals surface area contributed by atoms with E-state index >= 15 is 0 Å². The molecular formula is C24H23F4N2O4-. The first-order valence-electron chi connectivity index (χ1n) is 10.5. The summed E-state index contributed by atoms with van der Waals surface area (Å²) in [6, 6.07) is 11.7. The number of aliphatic hydroxyl groups is 2. The number of alkyl halides is 3. The first-order valence-corrected chi connectivity index (χ1v) is 10.5. The number of carbonyl (C=O) groups excluding carboxylic acids is 1. The number of rotatable bonds is 9. The van der Waals surface area contributed by atoms with E-state index in [1.54, 1.807) is 24.3 Å². The average Bonchev–Trinajstić information content (AvgIpc) is 3.12. The van der Waals surface area contributed by atoms with Crippen molar-refractivity contribution in [3.05, 3.63) is 65.7 Å². The largest absolute Gasteiger partial charge is 0.550 e. The molecule has 2 N–H and O–H groups in total. The monoisotopic (exact) mass is 479 g/mol. The van der Waals surface area contributed by atoms with Crippen LogP contribution in [0.25, 0.3) is 22.5 Å². The van der Waals surface area contributed by atoms with Gasteiger partial charge in [-0.3, -0.25) is 0 Å². The molecule has 2 atom stereocenters. The van der Waals surface area contributed by atoms with Crippen LogP contribution in [0.4, 0.5) is 17.6 Å². The number of hydrogen-bond acceptors (Lipinski definition) is 5. The molecule has 3 aromatic rings. The van der Waals surface area contributed by atoms with Gasteiger partial charge in [0, 0.05) is 30.1 Å². The first-order chi connectivity index (χ1) is 16.0. The number of carboxylic acids is 1. The second-order valence-electron chi connectivity index (χ2n) is 8.06. The molecule has 10 heteroatoms. The molecule has 182 valence electrons. The summed E-state index contributed by atoms with van der Waals surface area (Å²) in [6.45, 7) is 1.50. The molecule has 0 radical (unpaired) electrons. The maximum absolute atomic E-state index is 14.0. The lowest BCUT2D eigenvalue weighted by Gasteiger charge is -2.19. The minimum atomic E-state index is -4.82. The molecule has 34 heavy (non-hydrogen) atoms. The Bertz CT molecular complexity index is 1130. The van der Waals surface area contributed by atoms with Crippen LogP contribution in [0.2, 0.25) is 0 Å². The molecule has 0 saturated carbocycles. The molecule has 6 nitrogen and oxygen atoms in total. The summed E-state index contributed by atoms with van der Waals surface area (Å²) in [5.41, 5.74) is 1.77. The highest BCUT2D eigenvalue weighted by Gasteiger charge is 2.39. The molecule has 1 heterocycles. The molecule has 0 aliphatic rings. The van der Waals surface area contributed by atoms with Crippen LogP contribution >= 0.6 is 0 Å². The van der Waals surface area contributed by atoms with Crippen LogP contribution in [-0.2, 0) is 17.5 Å². The fourth-order valence-electron chi connectivity index (χ4n) is 3.69. The van der Waals surface area contributed by atoms with Gasteiger partial charge in [0.05, 0.1) is 23.6 Å². The second kappa shape index (κ2) is 10.4. The number of carbonyl (C=O) groups is 1. The van der Waals surface area contributed by atoms with Crippen molar-refractivity contribution in [1.82, 2.24) is 9.55 Å². The molecule has 0 bridgehead atoms. The maximum atomic E-state index is 14.0. The number of benzene rings is 2. The molecule has 0 fully saturated rings. The van der Waals surface area contributed by atoms with Gasteiger partial charge in [0.1, 0.15) is 5.82 Å². The zero-order valence-electron chi connectivity index (χ0n) is 18.2. The first kappa shape index (κ1) is 25.4. The number of aromatic nitrogens is 2. The number of hydrogen-bond donors (Lipinski definition) is 2. The number of aliphatic carboxylic acids is 1. The van der Waals surface area contributed by atoms with Crippen molar-refractivity contribution in [2.75, 3.05) is 0 Å². The molecule has 0 aliphatic heterocycles. The summed E-state index contributed by atoms with van der Waals surface area (Å²) >= 11 is 0. The fourth-order valence-corrected chi connectivity index (χ4v) is 3.69. The van der Waals surface area contributed by atoms with Crippen molar-refractivity contribution in [2.24, 2.45) is 0 Å². The highest BCUT2D eigenvalue weighted by atomic mass is 19.4. The number of aliphatic hydroxyl groups excluding tert-OH is 2. The smallest absolute Gasteiger partial charge is 0.449 e. The maximum Gasteiger partial charge on any atom is 0.449 e. The van der Waals surface area contributed by atoms with Gasteiger partial charge in [-0.25, -0.2) is 9.37 Å². The topological polar surface area (TPSA) is 98.4 Å².